The highest BCUT2D eigenvalue weighted by Crippen LogP contribution is 2.59. The van der Waals surface area contributed by atoms with Crippen LogP contribution in [-0.2, 0) is 9.47 Å². The van der Waals surface area contributed by atoms with Gasteiger partial charge in [0, 0.05) is 23.6 Å². The van der Waals surface area contributed by atoms with Crippen LogP contribution in [0.1, 0.15) is 32.3 Å². The van der Waals surface area contributed by atoms with Gasteiger partial charge in [-0.25, -0.2) is 0 Å². The SMILES string of the molecule is COCC12CC(C(=N)c3ccc(OC(C)C)nc3[N+](=O)[O-])(CO1)C2. The van der Waals surface area contributed by atoms with Gasteiger partial charge in [-0.1, -0.05) is 0 Å². The molecule has 1 aromatic rings. The minimum absolute atomic E-state index is 0.134. The van der Waals surface area contributed by atoms with E-state index < -0.39 is 10.3 Å². The molecule has 4 rings (SSSR count). The third-order valence-electron chi connectivity index (χ3n) is 4.56. The summed E-state index contributed by atoms with van der Waals surface area (Å²) in [5.74, 6) is -0.153. The summed E-state index contributed by atoms with van der Waals surface area (Å²) < 4.78 is 16.4. The number of hydrogen-bond acceptors (Lipinski definition) is 7. The Balaban J connectivity index is 1.87. The van der Waals surface area contributed by atoms with Crippen LogP contribution in [0.15, 0.2) is 12.1 Å². The molecule has 8 heteroatoms. The number of nitrogens with one attached hydrogen (secondary N) is 1. The molecule has 0 spiro atoms. The summed E-state index contributed by atoms with van der Waals surface area (Å²) in [6.07, 6.45) is 1.16. The number of pyridine rings is 1. The Morgan fingerprint density at radius 3 is 2.79 bits per heavy atom. The van der Waals surface area contributed by atoms with Gasteiger partial charge in [-0.15, -0.1) is 0 Å². The molecular formula is C16H21N3O5. The molecule has 2 bridgehead atoms. The van der Waals surface area contributed by atoms with Gasteiger partial charge in [0.05, 0.1) is 36.2 Å². The summed E-state index contributed by atoms with van der Waals surface area (Å²) >= 11 is 0. The molecule has 1 aliphatic carbocycles. The molecule has 1 saturated carbocycles. The van der Waals surface area contributed by atoms with Crippen LogP contribution in [0.4, 0.5) is 5.82 Å². The Morgan fingerprint density at radius 1 is 1.50 bits per heavy atom. The zero-order valence-corrected chi connectivity index (χ0v) is 14.0. The molecule has 3 aliphatic rings. The molecule has 2 saturated heterocycles. The summed E-state index contributed by atoms with van der Waals surface area (Å²) in [4.78, 5) is 14.8. The second-order valence-electron chi connectivity index (χ2n) is 6.86. The lowest BCUT2D eigenvalue weighted by atomic mass is 9.59. The van der Waals surface area contributed by atoms with Crippen LogP contribution in [0.5, 0.6) is 5.88 Å². The van der Waals surface area contributed by atoms with Gasteiger partial charge in [0.25, 0.3) is 0 Å². The average Bonchev–Trinajstić information content (AvgIpc) is 3.02. The van der Waals surface area contributed by atoms with Crippen molar-refractivity contribution in [1.82, 2.24) is 4.98 Å². The fourth-order valence-electron chi connectivity index (χ4n) is 3.69. The average molecular weight is 335 g/mol. The van der Waals surface area contributed by atoms with Crippen LogP contribution in [-0.4, -0.2) is 47.6 Å². The topological polar surface area (TPSA) is 108 Å². The normalized spacial score (nSPS) is 27.8. The molecule has 0 aromatic carbocycles. The van der Waals surface area contributed by atoms with E-state index in [1.54, 1.807) is 19.2 Å². The van der Waals surface area contributed by atoms with Crippen molar-refractivity contribution in [3.8, 4) is 5.88 Å². The summed E-state index contributed by atoms with van der Waals surface area (Å²) in [6, 6.07) is 3.12. The highest BCUT2D eigenvalue weighted by Gasteiger charge is 2.65. The van der Waals surface area contributed by atoms with E-state index in [2.05, 4.69) is 4.98 Å². The lowest BCUT2D eigenvalue weighted by molar-refractivity contribution is -0.389. The molecule has 3 heterocycles. The molecule has 130 valence electrons. The van der Waals surface area contributed by atoms with Crippen molar-refractivity contribution in [3.63, 3.8) is 0 Å². The maximum Gasteiger partial charge on any atom is 0.376 e. The van der Waals surface area contributed by atoms with Gasteiger partial charge < -0.3 is 29.7 Å². The molecule has 8 nitrogen and oxygen atoms in total. The predicted molar refractivity (Wildman–Crippen MR) is 85.7 cm³/mol. The molecule has 0 atom stereocenters. The number of rotatable bonds is 7. The van der Waals surface area contributed by atoms with E-state index in [-0.39, 0.29) is 34.7 Å². The molecular weight excluding hydrogens is 314 g/mol. The number of nitro groups is 1. The minimum atomic E-state index is -0.565. The van der Waals surface area contributed by atoms with Crippen LogP contribution in [0.3, 0.4) is 0 Å². The van der Waals surface area contributed by atoms with Crippen LogP contribution < -0.4 is 4.74 Å². The van der Waals surface area contributed by atoms with E-state index in [1.165, 1.54) is 0 Å². The monoisotopic (exact) mass is 335 g/mol. The van der Waals surface area contributed by atoms with E-state index in [9.17, 15) is 10.1 Å². The zero-order chi connectivity index (χ0) is 17.5. The van der Waals surface area contributed by atoms with E-state index in [0.717, 1.165) is 0 Å². The summed E-state index contributed by atoms with van der Waals surface area (Å²) in [6.45, 7) is 4.50. The lowest BCUT2D eigenvalue weighted by Crippen LogP contribution is -2.51. The van der Waals surface area contributed by atoms with E-state index in [0.29, 0.717) is 26.1 Å². The van der Waals surface area contributed by atoms with Gasteiger partial charge in [-0.2, -0.15) is 0 Å². The standard InChI is InChI=1S/C16H21N3O5/c1-10(2)24-12-5-4-11(14(18-12)19(20)21)13(17)15-6-16(7-15,9-22-3)23-8-15/h4-5,10,17H,6-9H2,1-3H3. The van der Waals surface area contributed by atoms with E-state index in [1.807, 2.05) is 13.8 Å². The van der Waals surface area contributed by atoms with E-state index in [4.69, 9.17) is 19.6 Å². The number of nitrogens with zero attached hydrogens (tertiary/aromatic N) is 2. The van der Waals surface area contributed by atoms with Crippen molar-refractivity contribution in [2.75, 3.05) is 20.3 Å². The highest BCUT2D eigenvalue weighted by atomic mass is 16.6. The lowest BCUT2D eigenvalue weighted by Gasteiger charge is -2.44. The first-order valence-corrected chi connectivity index (χ1v) is 7.85. The molecule has 3 fully saturated rings. The molecule has 0 amide bonds. The molecule has 1 aromatic heterocycles. The Labute approximate surface area is 139 Å². The summed E-state index contributed by atoms with van der Waals surface area (Å²) in [5, 5.41) is 19.9. The smallest absolute Gasteiger partial charge is 0.376 e. The van der Waals surface area contributed by atoms with Crippen molar-refractivity contribution < 1.29 is 19.1 Å². The van der Waals surface area contributed by atoms with Crippen LogP contribution in [0, 0.1) is 20.9 Å². The molecule has 0 radical (unpaired) electrons. The number of fused-ring (bicyclic) bond motifs is 1. The van der Waals surface area contributed by atoms with Crippen LogP contribution >= 0.6 is 0 Å². The van der Waals surface area contributed by atoms with Gasteiger partial charge in [0.2, 0.25) is 0 Å². The first kappa shape index (κ1) is 16.8. The Hall–Kier alpha value is -2.06. The zero-order valence-electron chi connectivity index (χ0n) is 14.0. The molecule has 2 aliphatic heterocycles. The minimum Gasteiger partial charge on any atom is -0.457 e. The summed E-state index contributed by atoms with van der Waals surface area (Å²) in [7, 11) is 1.62. The quantitative estimate of drug-likeness (QED) is 0.465. The Bertz CT molecular complexity index is 682. The highest BCUT2D eigenvalue weighted by molar-refractivity contribution is 6.06. The maximum absolute atomic E-state index is 11.4. The second kappa shape index (κ2) is 5.78. The van der Waals surface area contributed by atoms with Gasteiger partial charge >= 0.3 is 11.7 Å². The predicted octanol–water partition coefficient (Wildman–Crippen LogP) is 2.34. The largest absolute Gasteiger partial charge is 0.457 e. The van der Waals surface area contributed by atoms with Gasteiger partial charge in [-0.05, 0) is 37.7 Å². The summed E-state index contributed by atoms with van der Waals surface area (Å²) in [5.41, 5.74) is -0.385. The van der Waals surface area contributed by atoms with Crippen LogP contribution in [0.2, 0.25) is 0 Å². The van der Waals surface area contributed by atoms with Crippen LogP contribution in [0.25, 0.3) is 0 Å². The van der Waals surface area contributed by atoms with Crippen molar-refractivity contribution in [1.29, 1.82) is 5.41 Å². The Morgan fingerprint density at radius 2 is 2.21 bits per heavy atom. The van der Waals surface area contributed by atoms with Crippen molar-refractivity contribution in [2.24, 2.45) is 5.41 Å². The molecule has 24 heavy (non-hydrogen) atoms. The molecule has 0 unspecified atom stereocenters. The third-order valence-corrected chi connectivity index (χ3v) is 4.56. The fourth-order valence-corrected chi connectivity index (χ4v) is 3.69. The van der Waals surface area contributed by atoms with Gasteiger partial charge in [0.15, 0.2) is 0 Å². The fraction of sp³-hybridized carbons (Fsp3) is 0.625. The molecule has 1 N–H and O–H groups in total. The second-order valence-corrected chi connectivity index (χ2v) is 6.86. The first-order chi connectivity index (χ1) is 11.3. The van der Waals surface area contributed by atoms with Gasteiger partial charge in [0.1, 0.15) is 0 Å². The number of hydrogen-bond donors (Lipinski definition) is 1. The van der Waals surface area contributed by atoms with Crippen molar-refractivity contribution in [3.05, 3.63) is 27.8 Å². The first-order valence-electron chi connectivity index (χ1n) is 7.85. The number of methoxy groups -OCH3 is 1. The van der Waals surface area contributed by atoms with Crippen molar-refractivity contribution >= 4 is 11.5 Å². The Kier molecular flexibility index (Phi) is 4.05. The van der Waals surface area contributed by atoms with Gasteiger partial charge in [-0.3, -0.25) is 0 Å². The third kappa shape index (κ3) is 2.65. The maximum atomic E-state index is 11.4. The number of ether oxygens (including phenoxy) is 3. The number of aromatic nitrogens is 1. The van der Waals surface area contributed by atoms with Crippen molar-refractivity contribution in [2.45, 2.75) is 38.4 Å². The van der Waals surface area contributed by atoms with E-state index >= 15 is 0 Å².